The second kappa shape index (κ2) is 22.8. The molecule has 38 heavy (non-hydrogen) atoms. The molecule has 0 fully saturated rings. The third kappa shape index (κ3) is 19.9. The van der Waals surface area contributed by atoms with Gasteiger partial charge in [-0.2, -0.15) is 0 Å². The average Bonchev–Trinajstić information content (AvgIpc) is 2.88. The molecule has 0 saturated heterocycles. The standard InChI is InChI=1S/C34H58O4/c1-27(2)23-25-31(19-11-9-13-21-33(35)37-7)29(5)17-15-16-18-30(6)32(26-24-28(3)4)20-12-10-14-22-34(36)38-8/h17-18,23-24,31-32H,9-16,19-22,25-26H2,1-8H3/b29-17-,30-18+. The number of methoxy groups -OCH3 is 2. The maximum Gasteiger partial charge on any atom is 0.305 e. The van der Waals surface area contributed by atoms with Gasteiger partial charge < -0.3 is 9.47 Å². The first-order valence-electron chi connectivity index (χ1n) is 14.8. The summed E-state index contributed by atoms with van der Waals surface area (Å²) in [6.07, 6.45) is 23.6. The van der Waals surface area contributed by atoms with E-state index >= 15 is 0 Å². The van der Waals surface area contributed by atoms with Crippen LogP contribution >= 0.6 is 0 Å². The molecular formula is C34H58O4. The Balaban J connectivity index is 4.90. The summed E-state index contributed by atoms with van der Waals surface area (Å²) < 4.78 is 9.51. The number of carbonyl (C=O) groups is 2. The highest BCUT2D eigenvalue weighted by molar-refractivity contribution is 5.69. The van der Waals surface area contributed by atoms with E-state index in [0.717, 1.165) is 64.2 Å². The summed E-state index contributed by atoms with van der Waals surface area (Å²) in [5.74, 6) is 0.936. The van der Waals surface area contributed by atoms with E-state index in [4.69, 9.17) is 9.47 Å². The Morgan fingerprint density at radius 2 is 0.921 bits per heavy atom. The Morgan fingerprint density at radius 1 is 0.553 bits per heavy atom. The number of hydrogen-bond donors (Lipinski definition) is 0. The SMILES string of the molecule is COC(=O)CCCCCC(CC=C(C)C)/C(C)=C\CC/C=C(\C)C(CC=C(C)C)CCCCCC(=O)OC. The Hall–Kier alpha value is -2.10. The van der Waals surface area contributed by atoms with Crippen molar-refractivity contribution < 1.29 is 19.1 Å². The summed E-state index contributed by atoms with van der Waals surface area (Å²) in [7, 11) is 2.92. The molecule has 4 nitrogen and oxygen atoms in total. The van der Waals surface area contributed by atoms with Crippen LogP contribution in [0.25, 0.3) is 0 Å². The molecule has 0 aromatic heterocycles. The summed E-state index contributed by atoms with van der Waals surface area (Å²) >= 11 is 0. The summed E-state index contributed by atoms with van der Waals surface area (Å²) in [5, 5.41) is 0. The fraction of sp³-hybridized carbons (Fsp3) is 0.706. The molecule has 0 rings (SSSR count). The van der Waals surface area contributed by atoms with Crippen LogP contribution in [0.4, 0.5) is 0 Å². The number of carbonyl (C=O) groups excluding carboxylic acids is 2. The lowest BCUT2D eigenvalue weighted by molar-refractivity contribution is -0.141. The number of ether oxygens (including phenoxy) is 2. The van der Waals surface area contributed by atoms with Crippen molar-refractivity contribution in [2.24, 2.45) is 11.8 Å². The molecule has 0 heterocycles. The molecule has 0 saturated carbocycles. The molecular weight excluding hydrogens is 472 g/mol. The summed E-state index contributed by atoms with van der Waals surface area (Å²) in [6, 6.07) is 0. The first kappa shape index (κ1) is 35.9. The zero-order valence-electron chi connectivity index (χ0n) is 26.0. The first-order chi connectivity index (χ1) is 18.1. The molecule has 4 heteroatoms. The third-order valence-electron chi connectivity index (χ3n) is 7.33. The van der Waals surface area contributed by atoms with E-state index in [1.807, 2.05) is 0 Å². The molecule has 0 aliphatic rings. The van der Waals surface area contributed by atoms with E-state index < -0.39 is 0 Å². The Labute approximate surface area is 235 Å². The van der Waals surface area contributed by atoms with Crippen LogP contribution in [0, 0.1) is 11.8 Å². The van der Waals surface area contributed by atoms with Crippen LogP contribution < -0.4 is 0 Å². The molecule has 0 spiro atoms. The summed E-state index contributed by atoms with van der Waals surface area (Å²) in [6.45, 7) is 13.3. The van der Waals surface area contributed by atoms with Gasteiger partial charge in [-0.1, -0.05) is 72.3 Å². The van der Waals surface area contributed by atoms with Crippen molar-refractivity contribution >= 4 is 11.9 Å². The second-order valence-electron chi connectivity index (χ2n) is 11.3. The fourth-order valence-electron chi connectivity index (χ4n) is 4.65. The minimum atomic E-state index is -0.104. The van der Waals surface area contributed by atoms with E-state index in [2.05, 4.69) is 65.8 Å². The van der Waals surface area contributed by atoms with Crippen LogP contribution in [0.1, 0.15) is 131 Å². The van der Waals surface area contributed by atoms with Crippen LogP contribution in [-0.2, 0) is 19.1 Å². The molecule has 0 radical (unpaired) electrons. The fourth-order valence-corrected chi connectivity index (χ4v) is 4.65. The molecule has 0 aromatic carbocycles. The minimum absolute atomic E-state index is 0.104. The smallest absolute Gasteiger partial charge is 0.305 e. The predicted molar refractivity (Wildman–Crippen MR) is 162 cm³/mol. The zero-order valence-corrected chi connectivity index (χ0v) is 26.0. The lowest BCUT2D eigenvalue weighted by atomic mass is 9.88. The maximum absolute atomic E-state index is 11.3. The Kier molecular flexibility index (Phi) is 21.6. The van der Waals surface area contributed by atoms with Crippen molar-refractivity contribution in [3.63, 3.8) is 0 Å². The van der Waals surface area contributed by atoms with Gasteiger partial charge in [-0.05, 0) is 105 Å². The largest absolute Gasteiger partial charge is 0.469 e. The summed E-state index contributed by atoms with van der Waals surface area (Å²) in [5.41, 5.74) is 5.74. The van der Waals surface area contributed by atoms with E-state index in [9.17, 15) is 9.59 Å². The lowest BCUT2D eigenvalue weighted by Gasteiger charge is -2.18. The number of esters is 2. The van der Waals surface area contributed by atoms with Gasteiger partial charge >= 0.3 is 11.9 Å². The predicted octanol–water partition coefficient (Wildman–Crippen LogP) is 9.85. The Morgan fingerprint density at radius 3 is 1.24 bits per heavy atom. The Bertz CT molecular complexity index is 710. The maximum atomic E-state index is 11.3. The van der Waals surface area contributed by atoms with Gasteiger partial charge in [-0.3, -0.25) is 9.59 Å². The first-order valence-corrected chi connectivity index (χ1v) is 14.8. The third-order valence-corrected chi connectivity index (χ3v) is 7.33. The average molecular weight is 531 g/mol. The molecule has 0 aliphatic heterocycles. The van der Waals surface area contributed by atoms with Crippen LogP contribution in [0.3, 0.4) is 0 Å². The normalized spacial score (nSPS) is 13.5. The topological polar surface area (TPSA) is 52.6 Å². The molecule has 0 amide bonds. The van der Waals surface area contributed by atoms with Gasteiger partial charge in [0.05, 0.1) is 14.2 Å². The van der Waals surface area contributed by atoms with E-state index in [1.54, 1.807) is 0 Å². The number of allylic oxidation sites excluding steroid dienone is 8. The van der Waals surface area contributed by atoms with Crippen molar-refractivity contribution in [1.82, 2.24) is 0 Å². The van der Waals surface area contributed by atoms with Gasteiger partial charge in [0, 0.05) is 12.8 Å². The van der Waals surface area contributed by atoms with Crippen LogP contribution in [0.15, 0.2) is 46.6 Å². The van der Waals surface area contributed by atoms with Gasteiger partial charge in [0.25, 0.3) is 0 Å². The van der Waals surface area contributed by atoms with Crippen LogP contribution in [0.2, 0.25) is 0 Å². The zero-order chi connectivity index (χ0) is 28.8. The minimum Gasteiger partial charge on any atom is -0.469 e. The van der Waals surface area contributed by atoms with E-state index in [-0.39, 0.29) is 11.9 Å². The monoisotopic (exact) mass is 530 g/mol. The molecule has 0 bridgehead atoms. The summed E-state index contributed by atoms with van der Waals surface area (Å²) in [4.78, 5) is 22.7. The lowest BCUT2D eigenvalue weighted by Crippen LogP contribution is -2.03. The van der Waals surface area contributed by atoms with Gasteiger partial charge in [0.1, 0.15) is 0 Å². The quantitative estimate of drug-likeness (QED) is 0.0841. The molecule has 2 unspecified atom stereocenters. The molecule has 218 valence electrons. The number of unbranched alkanes of at least 4 members (excludes halogenated alkanes) is 5. The van der Waals surface area contributed by atoms with E-state index in [1.165, 1.54) is 49.4 Å². The highest BCUT2D eigenvalue weighted by atomic mass is 16.5. The molecule has 0 aromatic rings. The molecule has 2 atom stereocenters. The van der Waals surface area contributed by atoms with Crippen LogP contribution in [0.5, 0.6) is 0 Å². The van der Waals surface area contributed by atoms with Crippen molar-refractivity contribution in [2.75, 3.05) is 14.2 Å². The van der Waals surface area contributed by atoms with Crippen molar-refractivity contribution in [3.8, 4) is 0 Å². The van der Waals surface area contributed by atoms with Crippen molar-refractivity contribution in [3.05, 3.63) is 46.6 Å². The van der Waals surface area contributed by atoms with Crippen molar-refractivity contribution in [2.45, 2.75) is 131 Å². The molecule has 0 N–H and O–H groups in total. The van der Waals surface area contributed by atoms with Crippen LogP contribution in [-0.4, -0.2) is 26.2 Å². The highest BCUT2D eigenvalue weighted by Gasteiger charge is 2.12. The number of hydrogen-bond acceptors (Lipinski definition) is 4. The highest BCUT2D eigenvalue weighted by Crippen LogP contribution is 2.26. The van der Waals surface area contributed by atoms with Gasteiger partial charge in [-0.25, -0.2) is 0 Å². The van der Waals surface area contributed by atoms with Gasteiger partial charge in [0.2, 0.25) is 0 Å². The van der Waals surface area contributed by atoms with Crippen molar-refractivity contribution in [1.29, 1.82) is 0 Å². The second-order valence-corrected chi connectivity index (χ2v) is 11.3. The van der Waals surface area contributed by atoms with E-state index in [0.29, 0.717) is 24.7 Å². The number of rotatable bonds is 21. The van der Waals surface area contributed by atoms with Gasteiger partial charge in [0.15, 0.2) is 0 Å². The van der Waals surface area contributed by atoms with Gasteiger partial charge in [-0.15, -0.1) is 0 Å². The molecule has 0 aliphatic carbocycles.